The Hall–Kier alpha value is -2.34. The van der Waals surface area contributed by atoms with E-state index in [1.165, 1.54) is 25.5 Å². The van der Waals surface area contributed by atoms with Gasteiger partial charge in [0.2, 0.25) is 5.91 Å². The van der Waals surface area contributed by atoms with Crippen molar-refractivity contribution in [1.82, 2.24) is 5.32 Å². The molecule has 0 unspecified atom stereocenters. The van der Waals surface area contributed by atoms with Gasteiger partial charge in [-0.3, -0.25) is 4.79 Å². The fourth-order valence-corrected chi connectivity index (χ4v) is 2.61. The normalized spacial score (nSPS) is 13.8. The Kier molecular flexibility index (Phi) is 7.29. The summed E-state index contributed by atoms with van der Waals surface area (Å²) in [5, 5.41) is 8.34. The lowest BCUT2D eigenvalue weighted by atomic mass is 9.97. The largest absolute Gasteiger partial charge is 0.375 e. The Labute approximate surface area is 142 Å². The summed E-state index contributed by atoms with van der Waals surface area (Å²) >= 11 is 0. The van der Waals surface area contributed by atoms with Crippen molar-refractivity contribution in [3.05, 3.63) is 35.9 Å². The van der Waals surface area contributed by atoms with E-state index in [1.54, 1.807) is 24.3 Å². The molecular formula is C18H25N3O3. The number of anilines is 2. The van der Waals surface area contributed by atoms with Crippen molar-refractivity contribution in [2.24, 2.45) is 0 Å². The molecule has 0 bridgehead atoms. The monoisotopic (exact) mass is 331 g/mol. The molecule has 1 aliphatic rings. The highest BCUT2D eigenvalue weighted by Crippen LogP contribution is 2.19. The second-order valence-corrected chi connectivity index (χ2v) is 5.80. The van der Waals surface area contributed by atoms with Gasteiger partial charge in [-0.15, -0.1) is 0 Å². The molecule has 0 aromatic heterocycles. The van der Waals surface area contributed by atoms with E-state index in [0.29, 0.717) is 17.9 Å². The third-order valence-electron chi connectivity index (χ3n) is 3.82. The minimum Gasteiger partial charge on any atom is -0.375 e. The molecule has 0 heterocycles. The van der Waals surface area contributed by atoms with Crippen molar-refractivity contribution < 1.29 is 14.3 Å². The maximum Gasteiger partial charge on any atom is 0.319 e. The highest BCUT2D eigenvalue weighted by molar-refractivity contribution is 5.93. The smallest absolute Gasteiger partial charge is 0.319 e. The Balaban J connectivity index is 1.71. The third kappa shape index (κ3) is 6.42. The first-order chi connectivity index (χ1) is 11.7. The average molecular weight is 331 g/mol. The predicted molar refractivity (Wildman–Crippen MR) is 95.1 cm³/mol. The number of allylic oxidation sites excluding steroid dienone is 1. The van der Waals surface area contributed by atoms with Crippen LogP contribution in [-0.2, 0) is 9.53 Å². The van der Waals surface area contributed by atoms with Gasteiger partial charge in [0.05, 0.1) is 0 Å². The molecule has 0 aliphatic heterocycles. The Bertz CT molecular complexity index is 582. The zero-order valence-corrected chi connectivity index (χ0v) is 14.1. The molecule has 0 saturated heterocycles. The molecule has 1 aromatic rings. The summed E-state index contributed by atoms with van der Waals surface area (Å²) in [6, 6.07) is 6.73. The van der Waals surface area contributed by atoms with Crippen molar-refractivity contribution in [2.45, 2.75) is 32.1 Å². The summed E-state index contributed by atoms with van der Waals surface area (Å²) in [5.41, 5.74) is 2.78. The van der Waals surface area contributed by atoms with Crippen molar-refractivity contribution >= 4 is 23.3 Å². The third-order valence-corrected chi connectivity index (χ3v) is 3.82. The zero-order chi connectivity index (χ0) is 17.2. The van der Waals surface area contributed by atoms with Crippen LogP contribution < -0.4 is 16.0 Å². The number of hydrogen-bond donors (Lipinski definition) is 3. The van der Waals surface area contributed by atoms with E-state index in [2.05, 4.69) is 22.0 Å². The minimum absolute atomic E-state index is 0.0127. The first-order valence-electron chi connectivity index (χ1n) is 8.29. The molecule has 0 atom stereocenters. The lowest BCUT2D eigenvalue weighted by Crippen LogP contribution is -2.29. The first-order valence-corrected chi connectivity index (χ1v) is 8.29. The molecule has 0 radical (unpaired) electrons. The van der Waals surface area contributed by atoms with Crippen LogP contribution in [0.25, 0.3) is 0 Å². The summed E-state index contributed by atoms with van der Waals surface area (Å²) in [6.07, 6.45) is 8.05. The number of benzene rings is 1. The predicted octanol–water partition coefficient (Wildman–Crippen LogP) is 3.28. The zero-order valence-electron chi connectivity index (χ0n) is 14.1. The highest BCUT2D eigenvalue weighted by Gasteiger charge is 2.06. The van der Waals surface area contributed by atoms with Gasteiger partial charge in [-0.05, 0) is 56.4 Å². The van der Waals surface area contributed by atoms with E-state index < -0.39 is 0 Å². The van der Waals surface area contributed by atoms with E-state index in [1.807, 2.05) is 0 Å². The molecule has 1 aliphatic carbocycles. The fraction of sp³-hybridized carbons (Fsp3) is 0.444. The number of carbonyl (C=O) groups is 2. The average Bonchev–Trinajstić information content (AvgIpc) is 2.58. The lowest BCUT2D eigenvalue weighted by molar-refractivity contribution is -0.119. The molecule has 0 spiro atoms. The number of nitrogens with one attached hydrogen (secondary N) is 3. The standard InChI is InChI=1S/C18H25N3O3/c1-24-13-17(22)20-15-7-9-16(10-8-15)21-18(23)19-12-11-14-5-3-2-4-6-14/h5,7-10H,2-4,6,11-13H2,1H3,(H,20,22)(H2,19,21,23). The number of rotatable bonds is 7. The fourth-order valence-electron chi connectivity index (χ4n) is 2.61. The quantitative estimate of drug-likeness (QED) is 0.671. The molecule has 2 rings (SSSR count). The van der Waals surface area contributed by atoms with Crippen LogP contribution in [0.1, 0.15) is 32.1 Å². The second-order valence-electron chi connectivity index (χ2n) is 5.80. The van der Waals surface area contributed by atoms with Crippen LogP contribution in [0.15, 0.2) is 35.9 Å². The van der Waals surface area contributed by atoms with Crippen molar-refractivity contribution in [3.63, 3.8) is 0 Å². The van der Waals surface area contributed by atoms with E-state index >= 15 is 0 Å². The number of amides is 3. The molecule has 130 valence electrons. The van der Waals surface area contributed by atoms with Gasteiger partial charge in [-0.25, -0.2) is 4.79 Å². The molecule has 6 nitrogen and oxygen atoms in total. The van der Waals surface area contributed by atoms with Gasteiger partial charge in [0.25, 0.3) is 0 Å². The molecule has 6 heteroatoms. The molecule has 0 fully saturated rings. The maximum absolute atomic E-state index is 11.9. The van der Waals surface area contributed by atoms with Crippen LogP contribution in [0.3, 0.4) is 0 Å². The summed E-state index contributed by atoms with van der Waals surface area (Å²) < 4.78 is 4.75. The summed E-state index contributed by atoms with van der Waals surface area (Å²) in [5.74, 6) is -0.215. The van der Waals surface area contributed by atoms with Crippen LogP contribution in [0.2, 0.25) is 0 Å². The highest BCUT2D eigenvalue weighted by atomic mass is 16.5. The van der Waals surface area contributed by atoms with Crippen LogP contribution >= 0.6 is 0 Å². The van der Waals surface area contributed by atoms with Crippen LogP contribution in [-0.4, -0.2) is 32.2 Å². The number of carbonyl (C=O) groups excluding carboxylic acids is 2. The summed E-state index contributed by atoms with van der Waals surface area (Å²) in [6.45, 7) is 0.654. The topological polar surface area (TPSA) is 79.5 Å². The minimum atomic E-state index is -0.220. The van der Waals surface area contributed by atoms with Gasteiger partial charge in [0, 0.05) is 25.0 Å². The van der Waals surface area contributed by atoms with Gasteiger partial charge >= 0.3 is 6.03 Å². The maximum atomic E-state index is 11.9. The molecule has 3 amide bonds. The number of methoxy groups -OCH3 is 1. The van der Waals surface area contributed by atoms with Crippen molar-refractivity contribution in [2.75, 3.05) is 30.9 Å². The summed E-state index contributed by atoms with van der Waals surface area (Å²) in [7, 11) is 1.47. The number of urea groups is 1. The Morgan fingerprint density at radius 3 is 2.42 bits per heavy atom. The molecular weight excluding hydrogens is 306 g/mol. The van der Waals surface area contributed by atoms with Gasteiger partial charge in [0.15, 0.2) is 0 Å². The summed E-state index contributed by atoms with van der Waals surface area (Å²) in [4.78, 5) is 23.3. The van der Waals surface area contributed by atoms with Crippen molar-refractivity contribution in [3.8, 4) is 0 Å². The van der Waals surface area contributed by atoms with Crippen LogP contribution in [0.4, 0.5) is 16.2 Å². The van der Waals surface area contributed by atoms with Crippen molar-refractivity contribution in [1.29, 1.82) is 0 Å². The molecule has 1 aromatic carbocycles. The SMILES string of the molecule is COCC(=O)Nc1ccc(NC(=O)NCCC2=CCCCC2)cc1. The number of ether oxygens (including phenoxy) is 1. The van der Waals surface area contributed by atoms with E-state index in [0.717, 1.165) is 19.3 Å². The number of hydrogen-bond acceptors (Lipinski definition) is 3. The molecule has 3 N–H and O–H groups in total. The van der Waals surface area contributed by atoms with Crippen LogP contribution in [0, 0.1) is 0 Å². The second kappa shape index (κ2) is 9.72. The lowest BCUT2D eigenvalue weighted by Gasteiger charge is -2.13. The first kappa shape index (κ1) is 18.0. The van der Waals surface area contributed by atoms with E-state index in [-0.39, 0.29) is 18.5 Å². The van der Waals surface area contributed by atoms with E-state index in [4.69, 9.17) is 4.74 Å². The molecule has 24 heavy (non-hydrogen) atoms. The van der Waals surface area contributed by atoms with Gasteiger partial charge in [-0.1, -0.05) is 11.6 Å². The van der Waals surface area contributed by atoms with E-state index in [9.17, 15) is 9.59 Å². The molecule has 0 saturated carbocycles. The Morgan fingerprint density at radius 2 is 1.79 bits per heavy atom. The van der Waals surface area contributed by atoms with Crippen LogP contribution in [0.5, 0.6) is 0 Å². The Morgan fingerprint density at radius 1 is 1.08 bits per heavy atom. The van der Waals surface area contributed by atoms with Gasteiger partial charge < -0.3 is 20.7 Å². The van der Waals surface area contributed by atoms with Gasteiger partial charge in [-0.2, -0.15) is 0 Å². The van der Waals surface area contributed by atoms with Gasteiger partial charge in [0.1, 0.15) is 6.61 Å².